The molecule has 7 heteroatoms. The van der Waals surface area contributed by atoms with Crippen LogP contribution in [0.25, 0.3) is 0 Å². The number of aromatic nitrogens is 1. The van der Waals surface area contributed by atoms with Gasteiger partial charge in [-0.15, -0.1) is 11.3 Å². The van der Waals surface area contributed by atoms with Crippen LogP contribution in [0, 0.1) is 6.92 Å². The summed E-state index contributed by atoms with van der Waals surface area (Å²) < 4.78 is 27.2. The summed E-state index contributed by atoms with van der Waals surface area (Å²) in [6.07, 6.45) is 1.36. The van der Waals surface area contributed by atoms with Crippen LogP contribution < -0.4 is 10.0 Å². The molecule has 1 aromatic rings. The lowest BCUT2D eigenvalue weighted by Gasteiger charge is -2.24. The van der Waals surface area contributed by atoms with Gasteiger partial charge in [-0.3, -0.25) is 0 Å². The number of nitrogens with one attached hydrogen (secondary N) is 2. The molecule has 102 valence electrons. The predicted octanol–water partition coefficient (Wildman–Crippen LogP) is 1.18. The van der Waals surface area contributed by atoms with E-state index in [2.05, 4.69) is 15.0 Å². The van der Waals surface area contributed by atoms with Crippen LogP contribution >= 0.6 is 11.3 Å². The van der Waals surface area contributed by atoms with Crippen LogP contribution in [0.3, 0.4) is 0 Å². The van der Waals surface area contributed by atoms with Crippen LogP contribution in [0.2, 0.25) is 0 Å². The van der Waals surface area contributed by atoms with E-state index in [0.717, 1.165) is 23.8 Å². The van der Waals surface area contributed by atoms with Gasteiger partial charge in [0.2, 0.25) is 10.0 Å². The molecule has 1 aliphatic heterocycles. The van der Waals surface area contributed by atoms with Gasteiger partial charge in [-0.1, -0.05) is 0 Å². The standard InChI is InChI=1S/C11H19N3O2S2/c1-8-7-17-11(13-8)9(2)14-18(15,16)10-3-5-12-6-4-10/h7,9-10,12,14H,3-6H2,1-2H3. The maximum atomic E-state index is 12.2. The number of piperidine rings is 1. The highest BCUT2D eigenvalue weighted by atomic mass is 32.2. The molecule has 1 atom stereocenters. The maximum Gasteiger partial charge on any atom is 0.215 e. The highest BCUT2D eigenvalue weighted by molar-refractivity contribution is 7.90. The van der Waals surface area contributed by atoms with Crippen molar-refractivity contribution in [3.8, 4) is 0 Å². The number of hydrogen-bond acceptors (Lipinski definition) is 5. The van der Waals surface area contributed by atoms with Crippen molar-refractivity contribution in [2.75, 3.05) is 13.1 Å². The molecule has 0 aromatic carbocycles. The second-order valence-corrected chi connectivity index (χ2v) is 7.54. The smallest absolute Gasteiger partial charge is 0.215 e. The van der Waals surface area contributed by atoms with Gasteiger partial charge < -0.3 is 5.32 Å². The summed E-state index contributed by atoms with van der Waals surface area (Å²) in [5, 5.41) is 5.66. The second kappa shape index (κ2) is 5.64. The zero-order valence-corrected chi connectivity index (χ0v) is 12.3. The molecule has 2 rings (SSSR count). The number of rotatable bonds is 4. The molecule has 0 saturated carbocycles. The summed E-state index contributed by atoms with van der Waals surface area (Å²) in [6, 6.07) is -0.247. The van der Waals surface area contributed by atoms with Crippen LogP contribution in [0.4, 0.5) is 0 Å². The summed E-state index contributed by atoms with van der Waals surface area (Å²) in [5.74, 6) is 0. The molecule has 0 radical (unpaired) electrons. The molecular formula is C11H19N3O2S2. The minimum Gasteiger partial charge on any atom is -0.317 e. The Balaban J connectivity index is 2.03. The number of thiazole rings is 1. The third kappa shape index (κ3) is 3.28. The van der Waals surface area contributed by atoms with E-state index in [1.54, 1.807) is 0 Å². The van der Waals surface area contributed by atoms with Crippen LogP contribution in [-0.2, 0) is 10.0 Å². The van der Waals surface area contributed by atoms with Crippen LogP contribution in [0.15, 0.2) is 5.38 Å². The zero-order valence-electron chi connectivity index (χ0n) is 10.6. The Morgan fingerprint density at radius 2 is 2.17 bits per heavy atom. The molecule has 1 fully saturated rings. The average molecular weight is 289 g/mol. The van der Waals surface area contributed by atoms with E-state index in [1.807, 2.05) is 19.2 Å². The first-order valence-corrected chi connectivity index (χ1v) is 8.55. The van der Waals surface area contributed by atoms with Crippen molar-refractivity contribution in [3.05, 3.63) is 16.1 Å². The summed E-state index contributed by atoms with van der Waals surface area (Å²) in [4.78, 5) is 4.32. The van der Waals surface area contributed by atoms with Gasteiger partial charge in [-0.25, -0.2) is 18.1 Å². The minimum atomic E-state index is -3.24. The van der Waals surface area contributed by atoms with E-state index in [4.69, 9.17) is 0 Å². The van der Waals surface area contributed by atoms with E-state index in [-0.39, 0.29) is 11.3 Å². The highest BCUT2D eigenvalue weighted by Gasteiger charge is 2.29. The fourth-order valence-corrected chi connectivity index (χ4v) is 4.60. The van der Waals surface area contributed by atoms with E-state index in [1.165, 1.54) is 11.3 Å². The first kappa shape index (κ1) is 13.9. The van der Waals surface area contributed by atoms with E-state index in [0.29, 0.717) is 12.8 Å². The molecule has 0 bridgehead atoms. The van der Waals surface area contributed by atoms with Crippen molar-refractivity contribution < 1.29 is 8.42 Å². The molecule has 0 amide bonds. The minimum absolute atomic E-state index is 0.247. The Hall–Kier alpha value is -0.500. The lowest BCUT2D eigenvalue weighted by molar-refractivity contribution is 0.484. The van der Waals surface area contributed by atoms with Crippen LogP contribution in [0.5, 0.6) is 0 Å². The molecular weight excluding hydrogens is 270 g/mol. The Morgan fingerprint density at radius 1 is 1.50 bits per heavy atom. The topological polar surface area (TPSA) is 71.1 Å². The van der Waals surface area contributed by atoms with Crippen molar-refractivity contribution in [1.29, 1.82) is 0 Å². The molecule has 1 unspecified atom stereocenters. The molecule has 1 aliphatic rings. The van der Waals surface area contributed by atoms with Crippen molar-refractivity contribution in [1.82, 2.24) is 15.0 Å². The molecule has 2 N–H and O–H groups in total. The van der Waals surface area contributed by atoms with Crippen molar-refractivity contribution in [2.24, 2.45) is 0 Å². The number of nitrogens with zero attached hydrogens (tertiary/aromatic N) is 1. The Morgan fingerprint density at radius 3 is 2.72 bits per heavy atom. The molecule has 1 aromatic heterocycles. The van der Waals surface area contributed by atoms with Crippen molar-refractivity contribution in [2.45, 2.75) is 38.0 Å². The Kier molecular flexibility index (Phi) is 4.37. The van der Waals surface area contributed by atoms with Gasteiger partial charge in [0, 0.05) is 11.1 Å². The number of sulfonamides is 1. The predicted molar refractivity (Wildman–Crippen MR) is 73.2 cm³/mol. The Labute approximate surface area is 112 Å². The van der Waals surface area contributed by atoms with Gasteiger partial charge in [0.1, 0.15) is 5.01 Å². The maximum absolute atomic E-state index is 12.2. The average Bonchev–Trinajstić information content (AvgIpc) is 2.77. The lowest BCUT2D eigenvalue weighted by Crippen LogP contribution is -2.42. The first-order chi connectivity index (χ1) is 8.49. The summed E-state index contributed by atoms with van der Waals surface area (Å²) in [6.45, 7) is 5.30. The summed E-state index contributed by atoms with van der Waals surface area (Å²) >= 11 is 1.49. The molecule has 0 spiro atoms. The normalized spacial score (nSPS) is 19.9. The third-order valence-electron chi connectivity index (χ3n) is 3.07. The van der Waals surface area contributed by atoms with Gasteiger partial charge >= 0.3 is 0 Å². The van der Waals surface area contributed by atoms with Crippen LogP contribution in [-0.4, -0.2) is 31.7 Å². The van der Waals surface area contributed by atoms with Crippen molar-refractivity contribution >= 4 is 21.4 Å². The van der Waals surface area contributed by atoms with Gasteiger partial charge in [0.15, 0.2) is 0 Å². The van der Waals surface area contributed by atoms with Gasteiger partial charge in [0.05, 0.1) is 11.3 Å². The summed E-state index contributed by atoms with van der Waals surface area (Å²) in [7, 11) is -3.24. The highest BCUT2D eigenvalue weighted by Crippen LogP contribution is 2.20. The largest absolute Gasteiger partial charge is 0.317 e. The van der Waals surface area contributed by atoms with E-state index >= 15 is 0 Å². The van der Waals surface area contributed by atoms with Crippen molar-refractivity contribution in [3.63, 3.8) is 0 Å². The fraction of sp³-hybridized carbons (Fsp3) is 0.727. The van der Waals surface area contributed by atoms with E-state index < -0.39 is 10.0 Å². The van der Waals surface area contributed by atoms with Crippen LogP contribution in [0.1, 0.15) is 36.5 Å². The van der Waals surface area contributed by atoms with Gasteiger partial charge in [-0.2, -0.15) is 0 Å². The van der Waals surface area contributed by atoms with Gasteiger partial charge in [-0.05, 0) is 39.8 Å². The fourth-order valence-electron chi connectivity index (χ4n) is 2.07. The zero-order chi connectivity index (χ0) is 13.2. The monoisotopic (exact) mass is 289 g/mol. The van der Waals surface area contributed by atoms with Gasteiger partial charge in [0.25, 0.3) is 0 Å². The lowest BCUT2D eigenvalue weighted by atomic mass is 10.2. The molecule has 18 heavy (non-hydrogen) atoms. The quantitative estimate of drug-likeness (QED) is 0.873. The SMILES string of the molecule is Cc1csc(C(C)NS(=O)(=O)C2CCNCC2)n1. The number of aryl methyl sites for hydroxylation is 1. The molecule has 2 heterocycles. The molecule has 0 aliphatic carbocycles. The Bertz CT molecular complexity index is 492. The second-order valence-electron chi connectivity index (χ2n) is 4.66. The molecule has 1 saturated heterocycles. The third-order valence-corrected chi connectivity index (χ3v) is 6.25. The molecule has 5 nitrogen and oxygen atoms in total. The summed E-state index contributed by atoms with van der Waals surface area (Å²) in [5.41, 5.74) is 0.933. The number of hydrogen-bond donors (Lipinski definition) is 2. The van der Waals surface area contributed by atoms with E-state index in [9.17, 15) is 8.42 Å². The first-order valence-electron chi connectivity index (χ1n) is 6.13.